The Morgan fingerprint density at radius 1 is 1.24 bits per heavy atom. The van der Waals surface area contributed by atoms with Gasteiger partial charge in [0.15, 0.2) is 0 Å². The number of hydrogen-bond acceptors (Lipinski definition) is 2. The lowest BCUT2D eigenvalue weighted by molar-refractivity contribution is 0.252. The van der Waals surface area contributed by atoms with Crippen LogP contribution in [0.3, 0.4) is 0 Å². The minimum atomic E-state index is -0.165. The lowest BCUT2D eigenvalue weighted by atomic mass is 10.3. The summed E-state index contributed by atoms with van der Waals surface area (Å²) >= 11 is 0. The lowest BCUT2D eigenvalue weighted by Crippen LogP contribution is -2.30. The molecule has 0 aliphatic carbocycles. The standard InChI is InChI=1S/C13H19N3O/c1-2-9-14-10-6-11-15-13(17)16-12-7-4-3-5-8-12/h2-5,7-9,14H,6,10-11H2,1H3,(H2,15,16,17). The molecule has 0 atom stereocenters. The third-order valence-electron chi connectivity index (χ3n) is 2.10. The molecule has 1 aromatic carbocycles. The van der Waals surface area contributed by atoms with Crippen LogP contribution in [0.15, 0.2) is 42.6 Å². The number of hydrogen-bond donors (Lipinski definition) is 3. The largest absolute Gasteiger partial charge is 0.391 e. The molecule has 0 radical (unpaired) electrons. The third-order valence-corrected chi connectivity index (χ3v) is 2.10. The molecule has 92 valence electrons. The van der Waals surface area contributed by atoms with Crippen LogP contribution in [0.5, 0.6) is 0 Å². The summed E-state index contributed by atoms with van der Waals surface area (Å²) in [5.41, 5.74) is 0.803. The van der Waals surface area contributed by atoms with Crippen molar-refractivity contribution in [2.45, 2.75) is 13.3 Å². The van der Waals surface area contributed by atoms with Crippen LogP contribution in [0.2, 0.25) is 0 Å². The molecule has 0 saturated carbocycles. The van der Waals surface area contributed by atoms with Crippen molar-refractivity contribution in [3.8, 4) is 0 Å². The Bertz CT molecular complexity index is 349. The van der Waals surface area contributed by atoms with Gasteiger partial charge in [-0.3, -0.25) is 0 Å². The van der Waals surface area contributed by atoms with Crippen LogP contribution in [-0.2, 0) is 0 Å². The topological polar surface area (TPSA) is 53.2 Å². The van der Waals surface area contributed by atoms with E-state index in [-0.39, 0.29) is 6.03 Å². The molecule has 0 fully saturated rings. The van der Waals surface area contributed by atoms with Crippen molar-refractivity contribution in [1.82, 2.24) is 10.6 Å². The number of carbonyl (C=O) groups excluding carboxylic acids is 1. The van der Waals surface area contributed by atoms with Gasteiger partial charge in [0, 0.05) is 18.8 Å². The van der Waals surface area contributed by atoms with Gasteiger partial charge in [-0.2, -0.15) is 0 Å². The van der Waals surface area contributed by atoms with E-state index in [2.05, 4.69) is 16.0 Å². The zero-order valence-electron chi connectivity index (χ0n) is 10.1. The van der Waals surface area contributed by atoms with Crippen molar-refractivity contribution in [2.75, 3.05) is 18.4 Å². The average Bonchev–Trinajstić information content (AvgIpc) is 2.35. The first kappa shape index (κ1) is 13.1. The van der Waals surface area contributed by atoms with Crippen LogP contribution in [-0.4, -0.2) is 19.1 Å². The summed E-state index contributed by atoms with van der Waals surface area (Å²) in [7, 11) is 0. The van der Waals surface area contributed by atoms with Crippen molar-refractivity contribution < 1.29 is 4.79 Å². The highest BCUT2D eigenvalue weighted by Crippen LogP contribution is 2.03. The van der Waals surface area contributed by atoms with Crippen LogP contribution in [0.1, 0.15) is 13.3 Å². The second kappa shape index (κ2) is 8.21. The number of para-hydroxylation sites is 1. The van der Waals surface area contributed by atoms with E-state index in [1.54, 1.807) is 0 Å². The number of amides is 2. The molecule has 17 heavy (non-hydrogen) atoms. The monoisotopic (exact) mass is 233 g/mol. The molecule has 2 amide bonds. The number of rotatable bonds is 6. The van der Waals surface area contributed by atoms with E-state index in [1.807, 2.05) is 49.5 Å². The minimum Gasteiger partial charge on any atom is -0.391 e. The fourth-order valence-corrected chi connectivity index (χ4v) is 1.29. The van der Waals surface area contributed by atoms with Gasteiger partial charge < -0.3 is 16.0 Å². The van der Waals surface area contributed by atoms with E-state index in [0.29, 0.717) is 6.54 Å². The molecule has 0 spiro atoms. The van der Waals surface area contributed by atoms with Gasteiger partial charge in [0.25, 0.3) is 0 Å². The van der Waals surface area contributed by atoms with E-state index < -0.39 is 0 Å². The number of urea groups is 1. The quantitative estimate of drug-likeness (QED) is 0.660. The molecular formula is C13H19N3O. The van der Waals surface area contributed by atoms with Crippen molar-refractivity contribution in [2.24, 2.45) is 0 Å². The van der Waals surface area contributed by atoms with E-state index in [4.69, 9.17) is 0 Å². The molecule has 0 heterocycles. The van der Waals surface area contributed by atoms with Crippen LogP contribution in [0.4, 0.5) is 10.5 Å². The van der Waals surface area contributed by atoms with Crippen molar-refractivity contribution >= 4 is 11.7 Å². The summed E-state index contributed by atoms with van der Waals surface area (Å²) in [6.07, 6.45) is 4.73. The van der Waals surface area contributed by atoms with Gasteiger partial charge in [0.2, 0.25) is 0 Å². The molecule has 1 rings (SSSR count). The normalized spacial score (nSPS) is 10.2. The molecule has 0 aliphatic heterocycles. The highest BCUT2D eigenvalue weighted by molar-refractivity contribution is 5.89. The SMILES string of the molecule is CC=CNCCCNC(=O)Nc1ccccc1. The summed E-state index contributed by atoms with van der Waals surface area (Å²) in [6, 6.07) is 9.23. The van der Waals surface area contributed by atoms with Crippen molar-refractivity contribution in [3.05, 3.63) is 42.6 Å². The highest BCUT2D eigenvalue weighted by Gasteiger charge is 1.98. The summed E-state index contributed by atoms with van der Waals surface area (Å²) in [6.45, 7) is 3.47. The van der Waals surface area contributed by atoms with Crippen LogP contribution < -0.4 is 16.0 Å². The van der Waals surface area contributed by atoms with Gasteiger partial charge in [0.1, 0.15) is 0 Å². The smallest absolute Gasteiger partial charge is 0.319 e. The minimum absolute atomic E-state index is 0.165. The second-order valence-corrected chi connectivity index (χ2v) is 3.55. The molecule has 0 unspecified atom stereocenters. The van der Waals surface area contributed by atoms with Gasteiger partial charge >= 0.3 is 6.03 Å². The summed E-state index contributed by atoms with van der Waals surface area (Å²) < 4.78 is 0. The number of allylic oxidation sites excluding steroid dienone is 1. The maximum atomic E-state index is 11.4. The molecule has 0 bridgehead atoms. The molecule has 3 N–H and O–H groups in total. The summed E-state index contributed by atoms with van der Waals surface area (Å²) in [4.78, 5) is 11.4. The van der Waals surface area contributed by atoms with Crippen LogP contribution in [0.25, 0.3) is 0 Å². The third kappa shape index (κ3) is 6.25. The van der Waals surface area contributed by atoms with Gasteiger partial charge in [-0.1, -0.05) is 24.3 Å². The number of nitrogens with one attached hydrogen (secondary N) is 3. The first-order chi connectivity index (χ1) is 8.33. The highest BCUT2D eigenvalue weighted by atomic mass is 16.2. The van der Waals surface area contributed by atoms with Gasteiger partial charge in [-0.25, -0.2) is 4.79 Å². The maximum Gasteiger partial charge on any atom is 0.319 e. The van der Waals surface area contributed by atoms with E-state index in [0.717, 1.165) is 18.7 Å². The Morgan fingerprint density at radius 3 is 2.71 bits per heavy atom. The Morgan fingerprint density at radius 2 is 2.00 bits per heavy atom. The molecule has 0 saturated heterocycles. The second-order valence-electron chi connectivity index (χ2n) is 3.55. The van der Waals surface area contributed by atoms with E-state index >= 15 is 0 Å². The first-order valence-electron chi connectivity index (χ1n) is 5.77. The average molecular weight is 233 g/mol. The van der Waals surface area contributed by atoms with Crippen LogP contribution >= 0.6 is 0 Å². The Labute approximate surface area is 102 Å². The number of benzene rings is 1. The predicted molar refractivity (Wildman–Crippen MR) is 70.9 cm³/mol. The predicted octanol–water partition coefficient (Wildman–Crippen LogP) is 2.32. The molecule has 0 aliphatic rings. The maximum absolute atomic E-state index is 11.4. The number of anilines is 1. The van der Waals surface area contributed by atoms with E-state index in [1.165, 1.54) is 0 Å². The fraction of sp³-hybridized carbons (Fsp3) is 0.308. The van der Waals surface area contributed by atoms with Crippen molar-refractivity contribution in [1.29, 1.82) is 0 Å². The lowest BCUT2D eigenvalue weighted by Gasteiger charge is -2.07. The Balaban J connectivity index is 2.10. The zero-order valence-corrected chi connectivity index (χ0v) is 10.1. The molecule has 0 aromatic heterocycles. The summed E-state index contributed by atoms with van der Waals surface area (Å²) in [5, 5.41) is 8.66. The Kier molecular flexibility index (Phi) is 6.33. The Hall–Kier alpha value is -1.97. The van der Waals surface area contributed by atoms with E-state index in [9.17, 15) is 4.79 Å². The number of carbonyl (C=O) groups is 1. The van der Waals surface area contributed by atoms with Gasteiger partial charge in [-0.15, -0.1) is 0 Å². The molecule has 4 heteroatoms. The van der Waals surface area contributed by atoms with Gasteiger partial charge in [-0.05, 0) is 31.7 Å². The van der Waals surface area contributed by atoms with Crippen molar-refractivity contribution in [3.63, 3.8) is 0 Å². The molecular weight excluding hydrogens is 214 g/mol. The zero-order chi connectivity index (χ0) is 12.3. The van der Waals surface area contributed by atoms with Crippen LogP contribution in [0, 0.1) is 0 Å². The summed E-state index contributed by atoms with van der Waals surface area (Å²) in [5.74, 6) is 0. The molecule has 1 aromatic rings. The molecule has 4 nitrogen and oxygen atoms in total. The van der Waals surface area contributed by atoms with Gasteiger partial charge in [0.05, 0.1) is 0 Å². The fourth-order valence-electron chi connectivity index (χ4n) is 1.29. The first-order valence-corrected chi connectivity index (χ1v) is 5.77.